The number of hydrogen-bond acceptors (Lipinski definition) is 5. The lowest BCUT2D eigenvalue weighted by atomic mass is 10.0. The maximum atomic E-state index is 11.9. The molecule has 0 fully saturated rings. The van der Waals surface area contributed by atoms with Crippen LogP contribution in [0.1, 0.15) is 43.5 Å². The van der Waals surface area contributed by atoms with Gasteiger partial charge in [0.1, 0.15) is 0 Å². The van der Waals surface area contributed by atoms with Gasteiger partial charge in [-0.1, -0.05) is 19.1 Å². The molecule has 0 spiro atoms. The zero-order valence-electron chi connectivity index (χ0n) is 16.1. The second-order valence-corrected chi connectivity index (χ2v) is 6.61. The first-order valence-electron chi connectivity index (χ1n) is 9.02. The van der Waals surface area contributed by atoms with Gasteiger partial charge in [0, 0.05) is 17.4 Å². The number of anilines is 2. The Morgan fingerprint density at radius 1 is 1.14 bits per heavy atom. The quantitative estimate of drug-likeness (QED) is 0.683. The molecule has 146 valence electrons. The highest BCUT2D eigenvalue weighted by atomic mass is 16.4. The number of aliphatic carboxylic acids is 1. The summed E-state index contributed by atoms with van der Waals surface area (Å²) in [4.78, 5) is 23.7. The summed E-state index contributed by atoms with van der Waals surface area (Å²) < 4.78 is 0. The van der Waals surface area contributed by atoms with E-state index in [0.29, 0.717) is 28.9 Å². The summed E-state index contributed by atoms with van der Waals surface area (Å²) in [7, 11) is 0. The summed E-state index contributed by atoms with van der Waals surface area (Å²) in [5.41, 5.74) is 2.99. The maximum Gasteiger partial charge on any atom is 0.319 e. The van der Waals surface area contributed by atoms with Gasteiger partial charge in [0.05, 0.1) is 23.6 Å². The summed E-state index contributed by atoms with van der Waals surface area (Å²) >= 11 is 0. The van der Waals surface area contributed by atoms with E-state index in [2.05, 4.69) is 16.0 Å². The molecule has 0 bridgehead atoms. The Morgan fingerprint density at radius 3 is 2.36 bits per heavy atom. The average molecular weight is 379 g/mol. The Kier molecular flexibility index (Phi) is 6.99. The molecular weight excluding hydrogens is 356 g/mol. The number of amides is 2. The molecule has 28 heavy (non-hydrogen) atoms. The maximum absolute atomic E-state index is 11.9. The first kappa shape index (κ1) is 20.8. The van der Waals surface area contributed by atoms with Gasteiger partial charge in [0.2, 0.25) is 0 Å². The van der Waals surface area contributed by atoms with Crippen LogP contribution in [0.3, 0.4) is 0 Å². The fraction of sp³-hybridized carbons (Fsp3) is 0.286. The van der Waals surface area contributed by atoms with Crippen molar-refractivity contribution in [3.8, 4) is 6.07 Å². The minimum atomic E-state index is -1.27. The topological polar surface area (TPSA) is 117 Å². The van der Waals surface area contributed by atoms with Crippen LogP contribution in [0.4, 0.5) is 16.2 Å². The van der Waals surface area contributed by atoms with Crippen LogP contribution in [0, 0.1) is 11.3 Å². The van der Waals surface area contributed by atoms with Crippen molar-refractivity contribution >= 4 is 23.4 Å². The van der Waals surface area contributed by atoms with Gasteiger partial charge in [0.25, 0.3) is 0 Å². The molecule has 2 rings (SSSR count). The number of carbonyl (C=O) groups excluding carboxylic acids is 2. The zero-order valence-corrected chi connectivity index (χ0v) is 16.1. The number of nitrogens with one attached hydrogen (secondary N) is 3. The normalized spacial score (nSPS) is 11.4. The number of carboxylic acid groups (broad SMARTS) is 1. The van der Waals surface area contributed by atoms with Gasteiger partial charge < -0.3 is 25.9 Å². The van der Waals surface area contributed by atoms with Crippen molar-refractivity contribution in [2.75, 3.05) is 10.6 Å². The van der Waals surface area contributed by atoms with Gasteiger partial charge in [-0.25, -0.2) is 4.79 Å². The Morgan fingerprint density at radius 2 is 1.82 bits per heavy atom. The Bertz CT molecular complexity index is 886. The van der Waals surface area contributed by atoms with Gasteiger partial charge in [-0.05, 0) is 61.7 Å². The van der Waals surface area contributed by atoms with Gasteiger partial charge in [0.15, 0.2) is 0 Å². The van der Waals surface area contributed by atoms with E-state index in [1.54, 1.807) is 42.5 Å². The lowest BCUT2D eigenvalue weighted by molar-refractivity contribution is -0.307. The van der Waals surface area contributed by atoms with Crippen LogP contribution in [-0.4, -0.2) is 18.0 Å². The molecular formula is C21H23N4O3-. The van der Waals surface area contributed by atoms with Crippen molar-refractivity contribution in [1.29, 1.82) is 5.26 Å². The minimum Gasteiger partial charge on any atom is -0.548 e. The van der Waals surface area contributed by atoms with Crippen molar-refractivity contribution in [2.45, 2.75) is 39.3 Å². The SMILES string of the molecule is CCc1cc(C(Nc2ccc(C#N)cc2)C(=O)[O-])ccc1NC(=O)NC(C)C. The largest absolute Gasteiger partial charge is 0.548 e. The Balaban J connectivity index is 2.25. The molecule has 0 aromatic heterocycles. The smallest absolute Gasteiger partial charge is 0.319 e. The highest BCUT2D eigenvalue weighted by Gasteiger charge is 2.15. The van der Waals surface area contributed by atoms with Crippen molar-refractivity contribution < 1.29 is 14.7 Å². The minimum absolute atomic E-state index is 0.00318. The zero-order chi connectivity index (χ0) is 20.7. The van der Waals surface area contributed by atoms with Crippen molar-refractivity contribution in [3.63, 3.8) is 0 Å². The number of hydrogen-bond donors (Lipinski definition) is 3. The van der Waals surface area contributed by atoms with Crippen LogP contribution in [0.5, 0.6) is 0 Å². The first-order valence-corrected chi connectivity index (χ1v) is 9.02. The number of benzene rings is 2. The van der Waals surface area contributed by atoms with Gasteiger partial charge in [-0.2, -0.15) is 5.26 Å². The van der Waals surface area contributed by atoms with E-state index < -0.39 is 12.0 Å². The monoisotopic (exact) mass is 379 g/mol. The molecule has 1 unspecified atom stereocenters. The summed E-state index contributed by atoms with van der Waals surface area (Å²) in [6.07, 6.45) is 0.613. The molecule has 3 N–H and O–H groups in total. The Labute approximate surface area is 164 Å². The van der Waals surface area contributed by atoms with Crippen LogP contribution in [0.2, 0.25) is 0 Å². The molecule has 0 aliphatic carbocycles. The highest BCUT2D eigenvalue weighted by Crippen LogP contribution is 2.25. The van der Waals surface area contributed by atoms with Crippen molar-refractivity contribution in [3.05, 3.63) is 59.2 Å². The van der Waals surface area contributed by atoms with E-state index in [1.165, 1.54) is 0 Å². The lowest BCUT2D eigenvalue weighted by Gasteiger charge is -2.23. The van der Waals surface area contributed by atoms with Crippen LogP contribution in [0.25, 0.3) is 0 Å². The average Bonchev–Trinajstić information content (AvgIpc) is 2.66. The van der Waals surface area contributed by atoms with Gasteiger partial charge >= 0.3 is 6.03 Å². The molecule has 2 amide bonds. The number of carboxylic acids is 1. The second kappa shape index (κ2) is 9.42. The van der Waals surface area contributed by atoms with E-state index in [1.807, 2.05) is 26.8 Å². The number of nitriles is 1. The second-order valence-electron chi connectivity index (χ2n) is 6.61. The predicted molar refractivity (Wildman–Crippen MR) is 106 cm³/mol. The number of urea groups is 1. The summed E-state index contributed by atoms with van der Waals surface area (Å²) in [6, 6.07) is 12.2. The summed E-state index contributed by atoms with van der Waals surface area (Å²) in [5, 5.41) is 29.0. The molecule has 2 aromatic rings. The lowest BCUT2D eigenvalue weighted by Crippen LogP contribution is -2.35. The summed E-state index contributed by atoms with van der Waals surface area (Å²) in [5.74, 6) is -1.27. The van der Waals surface area contributed by atoms with Gasteiger partial charge in [-0.3, -0.25) is 0 Å². The van der Waals surface area contributed by atoms with Crippen molar-refractivity contribution in [1.82, 2.24) is 5.32 Å². The third-order valence-corrected chi connectivity index (χ3v) is 4.07. The molecule has 0 heterocycles. The number of nitrogens with zero attached hydrogens (tertiary/aromatic N) is 1. The van der Waals surface area contributed by atoms with E-state index in [4.69, 9.17) is 5.26 Å². The number of carbonyl (C=O) groups is 2. The highest BCUT2D eigenvalue weighted by molar-refractivity contribution is 5.90. The van der Waals surface area contributed by atoms with E-state index in [0.717, 1.165) is 5.56 Å². The molecule has 0 aliphatic rings. The fourth-order valence-corrected chi connectivity index (χ4v) is 2.71. The molecule has 0 aliphatic heterocycles. The van der Waals surface area contributed by atoms with Crippen LogP contribution in [-0.2, 0) is 11.2 Å². The molecule has 1 atom stereocenters. The molecule has 7 nitrogen and oxygen atoms in total. The van der Waals surface area contributed by atoms with Crippen LogP contribution >= 0.6 is 0 Å². The van der Waals surface area contributed by atoms with Crippen LogP contribution < -0.4 is 21.1 Å². The Hall–Kier alpha value is -3.53. The standard InChI is InChI=1S/C21H24N4O3/c1-4-15-11-16(7-10-18(15)25-21(28)23-13(2)3)19(20(26)27)24-17-8-5-14(12-22)6-9-17/h5-11,13,19,24H,4H2,1-3H3,(H,26,27)(H2,23,25,28)/p-1. The fourth-order valence-electron chi connectivity index (χ4n) is 2.71. The van der Waals surface area contributed by atoms with E-state index in [-0.39, 0.29) is 12.1 Å². The van der Waals surface area contributed by atoms with E-state index >= 15 is 0 Å². The number of aryl methyl sites for hydroxylation is 1. The predicted octanol–water partition coefficient (Wildman–Crippen LogP) is 2.55. The third-order valence-electron chi connectivity index (χ3n) is 4.07. The molecule has 0 radical (unpaired) electrons. The van der Waals surface area contributed by atoms with Gasteiger partial charge in [-0.15, -0.1) is 0 Å². The first-order chi connectivity index (χ1) is 13.3. The molecule has 2 aromatic carbocycles. The van der Waals surface area contributed by atoms with Crippen LogP contribution in [0.15, 0.2) is 42.5 Å². The summed E-state index contributed by atoms with van der Waals surface area (Å²) in [6.45, 7) is 5.65. The van der Waals surface area contributed by atoms with E-state index in [9.17, 15) is 14.7 Å². The molecule has 7 heteroatoms. The molecule has 0 saturated carbocycles. The molecule has 0 saturated heterocycles. The third kappa shape index (κ3) is 5.48. The number of rotatable bonds is 7. The van der Waals surface area contributed by atoms with Crippen molar-refractivity contribution in [2.24, 2.45) is 0 Å².